The van der Waals surface area contributed by atoms with Crippen LogP contribution in [0.3, 0.4) is 0 Å². The van der Waals surface area contributed by atoms with E-state index in [1.54, 1.807) is 6.07 Å². The van der Waals surface area contributed by atoms with Crippen molar-refractivity contribution in [2.24, 2.45) is 0 Å². The average molecular weight is 292 g/mol. The molecule has 0 unspecified atom stereocenters. The molecule has 0 bridgehead atoms. The molecule has 1 aromatic heterocycles. The second kappa shape index (κ2) is 6.60. The molecular formula is C14H16N2O3S. The van der Waals surface area contributed by atoms with Crippen LogP contribution >= 0.6 is 0 Å². The first kappa shape index (κ1) is 14.6. The Kier molecular flexibility index (Phi) is 4.84. The zero-order valence-electron chi connectivity index (χ0n) is 10.8. The van der Waals surface area contributed by atoms with Gasteiger partial charge in [0.25, 0.3) is 0 Å². The molecule has 1 aromatic carbocycles. The Morgan fingerprint density at radius 2 is 1.90 bits per heavy atom. The van der Waals surface area contributed by atoms with Gasteiger partial charge in [-0.15, -0.1) is 0 Å². The number of hydrogen-bond donors (Lipinski definition) is 2. The molecule has 1 atom stereocenters. The number of rotatable bonds is 6. The van der Waals surface area contributed by atoms with E-state index in [0.717, 1.165) is 5.56 Å². The molecular weight excluding hydrogens is 276 g/mol. The van der Waals surface area contributed by atoms with Gasteiger partial charge in [0.1, 0.15) is 4.90 Å². The Hall–Kier alpha value is -1.76. The lowest BCUT2D eigenvalue weighted by molar-refractivity contribution is 0.179. The molecule has 0 amide bonds. The van der Waals surface area contributed by atoms with Crippen molar-refractivity contribution in [1.82, 2.24) is 9.71 Å². The molecule has 0 aliphatic carbocycles. The Labute approximate surface area is 118 Å². The maximum absolute atomic E-state index is 11.9. The van der Waals surface area contributed by atoms with Crippen LogP contribution < -0.4 is 4.72 Å². The number of pyridine rings is 1. The maximum atomic E-state index is 11.9. The van der Waals surface area contributed by atoms with E-state index in [-0.39, 0.29) is 11.4 Å². The fourth-order valence-corrected chi connectivity index (χ4v) is 2.79. The van der Waals surface area contributed by atoms with Gasteiger partial charge in [0.05, 0.1) is 6.10 Å². The van der Waals surface area contributed by atoms with E-state index < -0.39 is 16.1 Å². The number of benzene rings is 1. The number of hydrogen-bond acceptors (Lipinski definition) is 4. The van der Waals surface area contributed by atoms with E-state index in [1.807, 2.05) is 30.3 Å². The Bertz CT molecular complexity index is 630. The van der Waals surface area contributed by atoms with Crippen molar-refractivity contribution in [2.45, 2.75) is 17.4 Å². The Morgan fingerprint density at radius 1 is 1.15 bits per heavy atom. The van der Waals surface area contributed by atoms with E-state index in [4.69, 9.17) is 0 Å². The molecule has 6 heteroatoms. The zero-order valence-corrected chi connectivity index (χ0v) is 11.6. The first-order valence-corrected chi connectivity index (χ1v) is 7.68. The summed E-state index contributed by atoms with van der Waals surface area (Å²) >= 11 is 0. The van der Waals surface area contributed by atoms with E-state index in [1.165, 1.54) is 18.5 Å². The molecule has 0 fully saturated rings. The summed E-state index contributed by atoms with van der Waals surface area (Å²) in [4.78, 5) is 3.85. The van der Waals surface area contributed by atoms with Gasteiger partial charge in [0.15, 0.2) is 0 Å². The Morgan fingerprint density at radius 3 is 2.55 bits per heavy atom. The lowest BCUT2D eigenvalue weighted by Gasteiger charge is -2.12. The summed E-state index contributed by atoms with van der Waals surface area (Å²) < 4.78 is 26.2. The van der Waals surface area contributed by atoms with Gasteiger partial charge >= 0.3 is 0 Å². The van der Waals surface area contributed by atoms with Crippen LogP contribution in [-0.2, 0) is 16.4 Å². The normalized spacial score (nSPS) is 13.1. The lowest BCUT2D eigenvalue weighted by atomic mass is 10.1. The number of nitrogens with zero attached hydrogens (tertiary/aromatic N) is 1. The molecule has 106 valence electrons. The molecule has 2 aromatic rings. The maximum Gasteiger partial charge on any atom is 0.242 e. The Balaban J connectivity index is 1.92. The first-order valence-electron chi connectivity index (χ1n) is 6.19. The number of aliphatic hydroxyl groups is 1. The summed E-state index contributed by atoms with van der Waals surface area (Å²) in [5, 5.41) is 9.87. The highest BCUT2D eigenvalue weighted by atomic mass is 32.2. The van der Waals surface area contributed by atoms with Crippen molar-refractivity contribution in [3.8, 4) is 0 Å². The van der Waals surface area contributed by atoms with Crippen LogP contribution in [0.4, 0.5) is 0 Å². The van der Waals surface area contributed by atoms with Crippen LogP contribution in [0.2, 0.25) is 0 Å². The van der Waals surface area contributed by atoms with Crippen LogP contribution in [-0.4, -0.2) is 31.2 Å². The van der Waals surface area contributed by atoms with E-state index in [2.05, 4.69) is 9.71 Å². The topological polar surface area (TPSA) is 79.3 Å². The number of aliphatic hydroxyl groups excluding tert-OH is 1. The van der Waals surface area contributed by atoms with Gasteiger partial charge in [-0.05, 0) is 24.1 Å². The van der Waals surface area contributed by atoms with E-state index in [0.29, 0.717) is 6.42 Å². The van der Waals surface area contributed by atoms with Gasteiger partial charge in [-0.25, -0.2) is 13.1 Å². The van der Waals surface area contributed by atoms with Gasteiger partial charge in [-0.2, -0.15) is 0 Å². The molecule has 0 saturated carbocycles. The van der Waals surface area contributed by atoms with Crippen molar-refractivity contribution < 1.29 is 13.5 Å². The fraction of sp³-hybridized carbons (Fsp3) is 0.214. The van der Waals surface area contributed by atoms with E-state index >= 15 is 0 Å². The summed E-state index contributed by atoms with van der Waals surface area (Å²) in [6.45, 7) is -0.0356. The third kappa shape index (κ3) is 4.12. The standard InChI is InChI=1S/C14H16N2O3S/c17-13(9-12-5-2-1-3-6-12)10-16-20(18,19)14-7-4-8-15-11-14/h1-8,11,13,16-17H,9-10H2/t13-/m0/s1. The van der Waals surface area contributed by atoms with Crippen molar-refractivity contribution in [2.75, 3.05) is 6.54 Å². The van der Waals surface area contributed by atoms with Crippen molar-refractivity contribution in [3.63, 3.8) is 0 Å². The summed E-state index contributed by atoms with van der Waals surface area (Å²) in [6, 6.07) is 12.4. The molecule has 0 aliphatic rings. The van der Waals surface area contributed by atoms with Gasteiger partial charge in [0, 0.05) is 18.9 Å². The molecule has 1 heterocycles. The summed E-state index contributed by atoms with van der Waals surface area (Å²) in [7, 11) is -3.62. The number of aromatic nitrogens is 1. The molecule has 0 radical (unpaired) electrons. The van der Waals surface area contributed by atoms with Crippen LogP contribution in [0.15, 0.2) is 59.8 Å². The molecule has 2 rings (SSSR count). The third-order valence-corrected chi connectivity index (χ3v) is 4.18. The molecule has 5 nitrogen and oxygen atoms in total. The minimum atomic E-state index is -3.62. The SMILES string of the molecule is O=S(=O)(NC[C@@H](O)Cc1ccccc1)c1cccnc1. The summed E-state index contributed by atoms with van der Waals surface area (Å²) in [6.07, 6.45) is 2.40. The zero-order chi connectivity index (χ0) is 14.4. The monoisotopic (exact) mass is 292 g/mol. The highest BCUT2D eigenvalue weighted by Gasteiger charge is 2.15. The largest absolute Gasteiger partial charge is 0.391 e. The van der Waals surface area contributed by atoms with Crippen LogP contribution in [0.1, 0.15) is 5.56 Å². The molecule has 0 saturated heterocycles. The van der Waals surface area contributed by atoms with Gasteiger partial charge < -0.3 is 5.11 Å². The summed E-state index contributed by atoms with van der Waals surface area (Å²) in [5.41, 5.74) is 0.959. The predicted octanol–water partition coefficient (Wildman–Crippen LogP) is 0.963. The second-order valence-electron chi connectivity index (χ2n) is 4.38. The van der Waals surface area contributed by atoms with Gasteiger partial charge in [-0.3, -0.25) is 4.98 Å². The number of sulfonamides is 1. The van der Waals surface area contributed by atoms with Crippen molar-refractivity contribution in [3.05, 3.63) is 60.4 Å². The first-order chi connectivity index (χ1) is 9.58. The van der Waals surface area contributed by atoms with Crippen LogP contribution in [0.25, 0.3) is 0 Å². The summed E-state index contributed by atoms with van der Waals surface area (Å²) in [5.74, 6) is 0. The third-order valence-electron chi connectivity index (χ3n) is 2.77. The minimum Gasteiger partial charge on any atom is -0.391 e. The second-order valence-corrected chi connectivity index (χ2v) is 6.15. The highest BCUT2D eigenvalue weighted by molar-refractivity contribution is 7.89. The fourth-order valence-electron chi connectivity index (χ4n) is 1.75. The molecule has 20 heavy (non-hydrogen) atoms. The van der Waals surface area contributed by atoms with Crippen molar-refractivity contribution >= 4 is 10.0 Å². The van der Waals surface area contributed by atoms with Crippen molar-refractivity contribution in [1.29, 1.82) is 0 Å². The predicted molar refractivity (Wildman–Crippen MR) is 75.6 cm³/mol. The quantitative estimate of drug-likeness (QED) is 0.831. The highest BCUT2D eigenvalue weighted by Crippen LogP contribution is 2.06. The molecule has 2 N–H and O–H groups in total. The smallest absolute Gasteiger partial charge is 0.242 e. The molecule has 0 spiro atoms. The van der Waals surface area contributed by atoms with E-state index in [9.17, 15) is 13.5 Å². The molecule has 0 aliphatic heterocycles. The van der Waals surface area contributed by atoms with Gasteiger partial charge in [-0.1, -0.05) is 30.3 Å². The minimum absolute atomic E-state index is 0.0356. The lowest BCUT2D eigenvalue weighted by Crippen LogP contribution is -2.33. The van der Waals surface area contributed by atoms with Gasteiger partial charge in [0.2, 0.25) is 10.0 Å². The average Bonchev–Trinajstić information content (AvgIpc) is 2.47. The number of nitrogens with one attached hydrogen (secondary N) is 1. The van der Waals surface area contributed by atoms with Crippen LogP contribution in [0.5, 0.6) is 0 Å². The van der Waals surface area contributed by atoms with Crippen LogP contribution in [0, 0.1) is 0 Å².